The number of methoxy groups -OCH3 is 1. The molecule has 1 aliphatic heterocycles. The fourth-order valence-electron chi connectivity index (χ4n) is 2.34. The molecule has 0 aromatic carbocycles. The lowest BCUT2D eigenvalue weighted by Gasteiger charge is -2.32. The Morgan fingerprint density at radius 1 is 1.26 bits per heavy atom. The molecule has 0 aromatic heterocycles. The minimum absolute atomic E-state index is 0. The molecule has 0 radical (unpaired) electrons. The van der Waals surface area contributed by atoms with Crippen molar-refractivity contribution >= 4 is 36.0 Å². The van der Waals surface area contributed by atoms with Crippen molar-refractivity contribution in [2.24, 2.45) is 4.99 Å². The van der Waals surface area contributed by atoms with E-state index in [1.165, 1.54) is 7.11 Å². The molecule has 1 fully saturated rings. The number of carbonyl (C=O) groups excluding carboxylic acids is 1. The molecule has 8 heteroatoms. The fourth-order valence-corrected chi connectivity index (χ4v) is 2.34. The summed E-state index contributed by atoms with van der Waals surface area (Å²) in [5.41, 5.74) is 0.124. The van der Waals surface area contributed by atoms with Crippen molar-refractivity contribution in [3.63, 3.8) is 0 Å². The van der Waals surface area contributed by atoms with Crippen LogP contribution in [0.25, 0.3) is 0 Å². The third-order valence-electron chi connectivity index (χ3n) is 3.57. The van der Waals surface area contributed by atoms with Gasteiger partial charge in [-0.1, -0.05) is 0 Å². The number of likely N-dealkylation sites (tertiary alicyclic amines) is 1. The zero-order valence-corrected chi connectivity index (χ0v) is 17.3. The number of piperidine rings is 1. The highest BCUT2D eigenvalue weighted by molar-refractivity contribution is 14.0. The lowest BCUT2D eigenvalue weighted by molar-refractivity contribution is 0.111. The van der Waals surface area contributed by atoms with Gasteiger partial charge in [-0.15, -0.1) is 24.0 Å². The zero-order chi connectivity index (χ0) is 16.6. The van der Waals surface area contributed by atoms with Crippen molar-refractivity contribution in [3.05, 3.63) is 0 Å². The molecule has 1 aliphatic rings. The van der Waals surface area contributed by atoms with Gasteiger partial charge in [0.25, 0.3) is 0 Å². The summed E-state index contributed by atoms with van der Waals surface area (Å²) in [5.74, 6) is 0.812. The Morgan fingerprint density at radius 3 is 2.35 bits per heavy atom. The van der Waals surface area contributed by atoms with Gasteiger partial charge in [-0.05, 0) is 33.6 Å². The van der Waals surface area contributed by atoms with E-state index in [0.717, 1.165) is 31.9 Å². The second kappa shape index (κ2) is 10.9. The van der Waals surface area contributed by atoms with E-state index < -0.39 is 0 Å². The van der Waals surface area contributed by atoms with Crippen LogP contribution >= 0.6 is 24.0 Å². The molecule has 0 bridgehead atoms. The van der Waals surface area contributed by atoms with Gasteiger partial charge < -0.3 is 25.6 Å². The fraction of sp³-hybridized carbons (Fsp3) is 0.867. The Bertz CT molecular complexity index is 377. The SMILES string of the molecule is CN=C(NCCNC(C)(C)C)NC1CCN(C(=O)OC)CC1.I. The Kier molecular flexibility index (Phi) is 10.5. The number of aliphatic imine (C=N–C) groups is 1. The predicted molar refractivity (Wildman–Crippen MR) is 105 cm³/mol. The first-order chi connectivity index (χ1) is 10.4. The van der Waals surface area contributed by atoms with Gasteiger partial charge in [0.2, 0.25) is 0 Å². The topological polar surface area (TPSA) is 78.0 Å². The Hall–Kier alpha value is -0.770. The van der Waals surface area contributed by atoms with Crippen molar-refractivity contribution in [2.75, 3.05) is 40.3 Å². The van der Waals surface area contributed by atoms with E-state index in [9.17, 15) is 4.79 Å². The predicted octanol–water partition coefficient (Wildman–Crippen LogP) is 1.39. The van der Waals surface area contributed by atoms with E-state index in [1.54, 1.807) is 11.9 Å². The maximum absolute atomic E-state index is 11.4. The second-order valence-corrected chi connectivity index (χ2v) is 6.55. The van der Waals surface area contributed by atoms with E-state index in [4.69, 9.17) is 4.74 Å². The van der Waals surface area contributed by atoms with Gasteiger partial charge >= 0.3 is 6.09 Å². The first-order valence-electron chi connectivity index (χ1n) is 7.91. The minimum Gasteiger partial charge on any atom is -0.453 e. The highest BCUT2D eigenvalue weighted by atomic mass is 127. The maximum atomic E-state index is 11.4. The number of amides is 1. The van der Waals surface area contributed by atoms with Gasteiger partial charge in [-0.25, -0.2) is 4.79 Å². The Morgan fingerprint density at radius 2 is 1.87 bits per heavy atom. The van der Waals surface area contributed by atoms with E-state index >= 15 is 0 Å². The number of hydrogen-bond donors (Lipinski definition) is 3. The van der Waals surface area contributed by atoms with Crippen molar-refractivity contribution < 1.29 is 9.53 Å². The van der Waals surface area contributed by atoms with Crippen molar-refractivity contribution in [2.45, 2.75) is 45.2 Å². The number of guanidine groups is 1. The molecule has 1 rings (SSSR count). The lowest BCUT2D eigenvalue weighted by atomic mass is 10.1. The molecule has 23 heavy (non-hydrogen) atoms. The molecule has 0 saturated carbocycles. The third kappa shape index (κ3) is 9.19. The number of halogens is 1. The summed E-state index contributed by atoms with van der Waals surface area (Å²) >= 11 is 0. The average Bonchev–Trinajstić information content (AvgIpc) is 2.49. The van der Waals surface area contributed by atoms with Gasteiger partial charge in [-0.3, -0.25) is 4.99 Å². The molecule has 0 aromatic rings. The molecule has 0 aliphatic carbocycles. The highest BCUT2D eigenvalue weighted by Crippen LogP contribution is 2.11. The molecule has 1 saturated heterocycles. The van der Waals surface area contributed by atoms with Crippen molar-refractivity contribution in [1.82, 2.24) is 20.9 Å². The highest BCUT2D eigenvalue weighted by Gasteiger charge is 2.23. The number of rotatable bonds is 4. The average molecular weight is 441 g/mol. The Balaban J connectivity index is 0.00000484. The summed E-state index contributed by atoms with van der Waals surface area (Å²) < 4.78 is 4.74. The summed E-state index contributed by atoms with van der Waals surface area (Å²) in [4.78, 5) is 17.4. The van der Waals surface area contributed by atoms with E-state index in [2.05, 4.69) is 41.7 Å². The number of nitrogens with one attached hydrogen (secondary N) is 3. The maximum Gasteiger partial charge on any atom is 0.409 e. The molecule has 7 nitrogen and oxygen atoms in total. The molecule has 0 spiro atoms. The van der Waals surface area contributed by atoms with Crippen LogP contribution in [-0.2, 0) is 4.74 Å². The van der Waals surface area contributed by atoms with Crippen LogP contribution in [-0.4, -0.2) is 68.9 Å². The van der Waals surface area contributed by atoms with Crippen LogP contribution in [0.3, 0.4) is 0 Å². The molecule has 1 heterocycles. The van der Waals surface area contributed by atoms with E-state index in [-0.39, 0.29) is 35.6 Å². The standard InChI is InChI=1S/C15H31N5O2.HI/c1-15(2,3)18-9-8-17-13(16-4)19-12-6-10-20(11-7-12)14(21)22-5;/h12,18H,6-11H2,1-5H3,(H2,16,17,19);1H. The van der Waals surface area contributed by atoms with Gasteiger partial charge in [0, 0.05) is 44.8 Å². The smallest absolute Gasteiger partial charge is 0.409 e. The van der Waals surface area contributed by atoms with E-state index in [0.29, 0.717) is 19.1 Å². The summed E-state index contributed by atoms with van der Waals surface area (Å²) in [6.07, 6.45) is 1.56. The van der Waals surface area contributed by atoms with Gasteiger partial charge in [-0.2, -0.15) is 0 Å². The van der Waals surface area contributed by atoms with Gasteiger partial charge in [0.05, 0.1) is 7.11 Å². The summed E-state index contributed by atoms with van der Waals surface area (Å²) in [6.45, 7) is 9.57. The zero-order valence-electron chi connectivity index (χ0n) is 14.9. The monoisotopic (exact) mass is 441 g/mol. The normalized spacial score (nSPS) is 16.6. The van der Waals surface area contributed by atoms with Crippen LogP contribution in [0.15, 0.2) is 4.99 Å². The summed E-state index contributed by atoms with van der Waals surface area (Å²) in [5, 5.41) is 10.1. The van der Waals surface area contributed by atoms with Crippen LogP contribution in [0.4, 0.5) is 4.79 Å². The van der Waals surface area contributed by atoms with Crippen LogP contribution in [0.1, 0.15) is 33.6 Å². The Labute approximate surface area is 157 Å². The number of hydrogen-bond acceptors (Lipinski definition) is 4. The molecule has 0 atom stereocenters. The molecular formula is C15H32IN5O2. The second-order valence-electron chi connectivity index (χ2n) is 6.55. The number of ether oxygens (including phenoxy) is 1. The van der Waals surface area contributed by atoms with Crippen LogP contribution < -0.4 is 16.0 Å². The molecular weight excluding hydrogens is 409 g/mol. The van der Waals surface area contributed by atoms with Crippen molar-refractivity contribution in [1.29, 1.82) is 0 Å². The molecule has 0 unspecified atom stereocenters. The van der Waals surface area contributed by atoms with Crippen molar-refractivity contribution in [3.8, 4) is 0 Å². The van der Waals surface area contributed by atoms with E-state index in [1.807, 2.05) is 0 Å². The van der Waals surface area contributed by atoms with Crippen LogP contribution in [0.2, 0.25) is 0 Å². The minimum atomic E-state index is -0.241. The summed E-state index contributed by atoms with van der Waals surface area (Å²) in [6, 6.07) is 0.336. The largest absolute Gasteiger partial charge is 0.453 e. The first-order valence-corrected chi connectivity index (χ1v) is 7.91. The van der Waals surface area contributed by atoms with Gasteiger partial charge in [0.15, 0.2) is 5.96 Å². The number of nitrogens with zero attached hydrogens (tertiary/aromatic N) is 2. The first kappa shape index (κ1) is 22.2. The lowest BCUT2D eigenvalue weighted by Crippen LogP contribution is -2.51. The molecule has 136 valence electrons. The van der Waals surface area contributed by atoms with Gasteiger partial charge in [0.1, 0.15) is 0 Å². The molecule has 1 amide bonds. The number of carbonyl (C=O) groups is 1. The summed E-state index contributed by atoms with van der Waals surface area (Å²) in [7, 11) is 3.19. The molecule has 3 N–H and O–H groups in total. The third-order valence-corrected chi connectivity index (χ3v) is 3.57. The van der Waals surface area contributed by atoms with Crippen LogP contribution in [0, 0.1) is 0 Å². The van der Waals surface area contributed by atoms with Crippen LogP contribution in [0.5, 0.6) is 0 Å². The quantitative estimate of drug-likeness (QED) is 0.266.